The van der Waals surface area contributed by atoms with Crippen LogP contribution in [0.15, 0.2) is 24.3 Å². The van der Waals surface area contributed by atoms with Crippen molar-refractivity contribution in [2.75, 3.05) is 18.6 Å². The molecule has 0 aliphatic carbocycles. The standard InChI is InChI=1S/C13H16F3NO3S/c1-3-21(19,20)9-12(18)17(2)8-10-5-4-6-11(7-10)13(14,15)16/h4-7H,3,8-9H2,1-2H3. The third-order valence-corrected chi connectivity index (χ3v) is 4.45. The Hall–Kier alpha value is -1.57. The molecule has 1 aromatic carbocycles. The highest BCUT2D eigenvalue weighted by atomic mass is 32.2. The second-order valence-electron chi connectivity index (χ2n) is 4.62. The highest BCUT2D eigenvalue weighted by Gasteiger charge is 2.30. The Balaban J connectivity index is 2.80. The first-order chi connectivity index (χ1) is 9.55. The van der Waals surface area contributed by atoms with Gasteiger partial charge in [-0.3, -0.25) is 4.79 Å². The molecule has 1 aromatic rings. The van der Waals surface area contributed by atoms with E-state index in [2.05, 4.69) is 0 Å². The number of carbonyl (C=O) groups is 1. The lowest BCUT2D eigenvalue weighted by molar-refractivity contribution is -0.137. The molecule has 21 heavy (non-hydrogen) atoms. The second-order valence-corrected chi connectivity index (χ2v) is 6.98. The summed E-state index contributed by atoms with van der Waals surface area (Å²) in [5.41, 5.74) is -0.517. The molecule has 0 radical (unpaired) electrons. The van der Waals surface area contributed by atoms with Crippen molar-refractivity contribution in [1.82, 2.24) is 4.90 Å². The molecule has 0 saturated carbocycles. The molecule has 0 aliphatic heterocycles. The highest BCUT2D eigenvalue weighted by Crippen LogP contribution is 2.29. The summed E-state index contributed by atoms with van der Waals surface area (Å²) < 4.78 is 60.4. The van der Waals surface area contributed by atoms with Crippen molar-refractivity contribution in [2.24, 2.45) is 0 Å². The van der Waals surface area contributed by atoms with E-state index in [1.54, 1.807) is 0 Å². The van der Waals surface area contributed by atoms with Crippen LogP contribution in [0.1, 0.15) is 18.1 Å². The maximum atomic E-state index is 12.6. The summed E-state index contributed by atoms with van der Waals surface area (Å²) in [6.45, 7) is 1.34. The maximum Gasteiger partial charge on any atom is 0.416 e. The zero-order valence-corrected chi connectivity index (χ0v) is 12.5. The van der Waals surface area contributed by atoms with Gasteiger partial charge >= 0.3 is 6.18 Å². The van der Waals surface area contributed by atoms with Crippen molar-refractivity contribution in [3.05, 3.63) is 35.4 Å². The number of hydrogen-bond donors (Lipinski definition) is 0. The predicted molar refractivity (Wildman–Crippen MR) is 72.2 cm³/mol. The molecular weight excluding hydrogens is 307 g/mol. The summed E-state index contributed by atoms with van der Waals surface area (Å²) in [6, 6.07) is 4.58. The van der Waals surface area contributed by atoms with E-state index in [1.165, 1.54) is 26.1 Å². The predicted octanol–water partition coefficient (Wildman–Crippen LogP) is 2.10. The quantitative estimate of drug-likeness (QED) is 0.834. The third-order valence-electron chi connectivity index (χ3n) is 2.88. The first kappa shape index (κ1) is 17.5. The second kappa shape index (κ2) is 6.46. The lowest BCUT2D eigenvalue weighted by atomic mass is 10.1. The zero-order valence-electron chi connectivity index (χ0n) is 11.6. The number of amides is 1. The van der Waals surface area contributed by atoms with Crippen LogP contribution in [0, 0.1) is 0 Å². The first-order valence-electron chi connectivity index (χ1n) is 6.15. The fourth-order valence-electron chi connectivity index (χ4n) is 1.61. The summed E-state index contributed by atoms with van der Waals surface area (Å²) in [5, 5.41) is 0. The van der Waals surface area contributed by atoms with Gasteiger partial charge in [0.2, 0.25) is 5.91 Å². The molecule has 0 bridgehead atoms. The lowest BCUT2D eigenvalue weighted by Gasteiger charge is -2.18. The molecule has 0 atom stereocenters. The molecule has 0 saturated heterocycles. The number of alkyl halides is 3. The van der Waals surface area contributed by atoms with E-state index in [1.807, 2.05) is 0 Å². The molecule has 0 N–H and O–H groups in total. The molecule has 0 aromatic heterocycles. The van der Waals surface area contributed by atoms with Crippen LogP contribution in [-0.4, -0.2) is 37.8 Å². The molecule has 8 heteroatoms. The number of halogens is 3. The Kier molecular flexibility index (Phi) is 5.38. The Morgan fingerprint density at radius 2 is 1.90 bits per heavy atom. The highest BCUT2D eigenvalue weighted by molar-refractivity contribution is 7.92. The van der Waals surface area contributed by atoms with Gasteiger partial charge in [0.1, 0.15) is 5.75 Å². The van der Waals surface area contributed by atoms with Crippen molar-refractivity contribution in [3.8, 4) is 0 Å². The van der Waals surface area contributed by atoms with Crippen molar-refractivity contribution >= 4 is 15.7 Å². The van der Waals surface area contributed by atoms with Crippen LogP contribution >= 0.6 is 0 Å². The minimum absolute atomic E-state index is 0.0814. The molecular formula is C13H16F3NO3S. The summed E-state index contributed by atoms with van der Waals surface area (Å²) in [6.07, 6.45) is -4.45. The average molecular weight is 323 g/mol. The molecule has 0 heterocycles. The number of nitrogens with zero attached hydrogens (tertiary/aromatic N) is 1. The van der Waals surface area contributed by atoms with Gasteiger partial charge < -0.3 is 4.90 Å². The molecule has 4 nitrogen and oxygen atoms in total. The van der Waals surface area contributed by atoms with Gasteiger partial charge in [0.25, 0.3) is 0 Å². The van der Waals surface area contributed by atoms with Gasteiger partial charge in [-0.25, -0.2) is 8.42 Å². The van der Waals surface area contributed by atoms with Gasteiger partial charge in [0.15, 0.2) is 9.84 Å². The van der Waals surface area contributed by atoms with Gasteiger partial charge in [0.05, 0.1) is 5.56 Å². The van der Waals surface area contributed by atoms with Gasteiger partial charge in [-0.05, 0) is 17.7 Å². The molecule has 0 spiro atoms. The summed E-state index contributed by atoms with van der Waals surface area (Å²) in [5.74, 6) is -1.44. The first-order valence-corrected chi connectivity index (χ1v) is 7.98. The van der Waals surface area contributed by atoms with Crippen LogP contribution in [0.4, 0.5) is 13.2 Å². The van der Waals surface area contributed by atoms with Crippen LogP contribution in [0.25, 0.3) is 0 Å². The van der Waals surface area contributed by atoms with Crippen LogP contribution in [0.5, 0.6) is 0 Å². The monoisotopic (exact) mass is 323 g/mol. The van der Waals surface area contributed by atoms with E-state index in [0.717, 1.165) is 17.0 Å². The minimum Gasteiger partial charge on any atom is -0.341 e. The summed E-state index contributed by atoms with van der Waals surface area (Å²) >= 11 is 0. The Labute approximate surface area is 121 Å². The largest absolute Gasteiger partial charge is 0.416 e. The number of hydrogen-bond acceptors (Lipinski definition) is 3. The molecule has 1 rings (SSSR count). The fraction of sp³-hybridized carbons (Fsp3) is 0.462. The Morgan fingerprint density at radius 3 is 2.43 bits per heavy atom. The minimum atomic E-state index is -4.45. The van der Waals surface area contributed by atoms with Crippen LogP contribution in [0.3, 0.4) is 0 Å². The van der Waals surface area contributed by atoms with Crippen LogP contribution in [-0.2, 0) is 27.4 Å². The lowest BCUT2D eigenvalue weighted by Crippen LogP contribution is -2.32. The molecule has 0 unspecified atom stereocenters. The van der Waals surface area contributed by atoms with Gasteiger partial charge in [-0.1, -0.05) is 19.1 Å². The Morgan fingerprint density at radius 1 is 1.29 bits per heavy atom. The molecule has 1 amide bonds. The number of sulfone groups is 1. The number of carbonyl (C=O) groups excluding carboxylic acids is 1. The van der Waals surface area contributed by atoms with E-state index in [9.17, 15) is 26.4 Å². The average Bonchev–Trinajstić information content (AvgIpc) is 2.37. The van der Waals surface area contributed by atoms with Crippen molar-refractivity contribution in [3.63, 3.8) is 0 Å². The smallest absolute Gasteiger partial charge is 0.341 e. The van der Waals surface area contributed by atoms with Gasteiger partial charge in [0, 0.05) is 19.3 Å². The molecule has 0 aliphatic rings. The van der Waals surface area contributed by atoms with E-state index in [-0.39, 0.29) is 17.9 Å². The fourth-order valence-corrected chi connectivity index (χ4v) is 2.41. The third kappa shape index (κ3) is 5.37. The van der Waals surface area contributed by atoms with Gasteiger partial charge in [-0.15, -0.1) is 0 Å². The zero-order chi connectivity index (χ0) is 16.3. The maximum absolute atomic E-state index is 12.6. The van der Waals surface area contributed by atoms with E-state index in [0.29, 0.717) is 0 Å². The number of benzene rings is 1. The van der Waals surface area contributed by atoms with E-state index in [4.69, 9.17) is 0 Å². The topological polar surface area (TPSA) is 54.5 Å². The summed E-state index contributed by atoms with van der Waals surface area (Å²) in [7, 11) is -2.10. The van der Waals surface area contributed by atoms with Gasteiger partial charge in [-0.2, -0.15) is 13.2 Å². The van der Waals surface area contributed by atoms with Crippen molar-refractivity contribution in [1.29, 1.82) is 0 Å². The molecule has 0 fully saturated rings. The van der Waals surface area contributed by atoms with E-state index < -0.39 is 33.2 Å². The van der Waals surface area contributed by atoms with Crippen LogP contribution < -0.4 is 0 Å². The van der Waals surface area contributed by atoms with Crippen LogP contribution in [0.2, 0.25) is 0 Å². The summed E-state index contributed by atoms with van der Waals surface area (Å²) in [4.78, 5) is 12.8. The number of rotatable bonds is 5. The van der Waals surface area contributed by atoms with Crippen molar-refractivity contribution in [2.45, 2.75) is 19.6 Å². The SMILES string of the molecule is CCS(=O)(=O)CC(=O)N(C)Cc1cccc(C(F)(F)F)c1. The Bertz CT molecular complexity index is 611. The van der Waals surface area contributed by atoms with Crippen molar-refractivity contribution < 1.29 is 26.4 Å². The molecule has 118 valence electrons. The van der Waals surface area contributed by atoms with E-state index >= 15 is 0 Å². The normalized spacial score (nSPS) is 12.2.